The highest BCUT2D eigenvalue weighted by atomic mass is 19.1. The van der Waals surface area contributed by atoms with E-state index in [1.165, 1.54) is 25.0 Å². The quantitative estimate of drug-likeness (QED) is 0.806. The Kier molecular flexibility index (Phi) is 4.69. The molecule has 0 amide bonds. The zero-order valence-corrected chi connectivity index (χ0v) is 10.8. The number of rotatable bonds is 7. The molecule has 1 aliphatic carbocycles. The van der Waals surface area contributed by atoms with Gasteiger partial charge in [0.25, 0.3) is 0 Å². The summed E-state index contributed by atoms with van der Waals surface area (Å²) in [6.45, 7) is 2.45. The van der Waals surface area contributed by atoms with Gasteiger partial charge >= 0.3 is 0 Å². The first-order valence-electron chi connectivity index (χ1n) is 6.44. The summed E-state index contributed by atoms with van der Waals surface area (Å²) in [7, 11) is 1.71. The Balaban J connectivity index is 1.91. The van der Waals surface area contributed by atoms with Crippen molar-refractivity contribution in [3.05, 3.63) is 35.6 Å². The minimum absolute atomic E-state index is 0.0666. The van der Waals surface area contributed by atoms with Crippen molar-refractivity contribution in [2.75, 3.05) is 26.8 Å². The Morgan fingerprint density at radius 2 is 2.06 bits per heavy atom. The van der Waals surface area contributed by atoms with Crippen LogP contribution in [0.3, 0.4) is 0 Å². The predicted octanol–water partition coefficient (Wildman–Crippen LogP) is 1.94. The number of nitrogens with zero attached hydrogens (tertiary/aromatic N) is 1. The van der Waals surface area contributed by atoms with Gasteiger partial charge in [0, 0.05) is 32.3 Å². The number of halogens is 1. The predicted molar refractivity (Wildman–Crippen MR) is 69.8 cm³/mol. The van der Waals surface area contributed by atoms with E-state index in [1.54, 1.807) is 19.2 Å². The number of methoxy groups -OCH3 is 1. The highest BCUT2D eigenvalue weighted by Gasteiger charge is 2.29. The first kappa shape index (κ1) is 13.5. The molecule has 1 unspecified atom stereocenters. The summed E-state index contributed by atoms with van der Waals surface area (Å²) in [5.74, 6) is -0.218. The van der Waals surface area contributed by atoms with Crippen molar-refractivity contribution < 1.29 is 9.13 Å². The maximum atomic E-state index is 12.8. The molecule has 0 saturated heterocycles. The van der Waals surface area contributed by atoms with Crippen LogP contribution in [0.4, 0.5) is 4.39 Å². The van der Waals surface area contributed by atoms with Gasteiger partial charge in [0.1, 0.15) is 5.82 Å². The molecule has 1 fully saturated rings. The van der Waals surface area contributed by atoms with Gasteiger partial charge in [0.05, 0.1) is 6.61 Å². The number of benzene rings is 1. The second kappa shape index (κ2) is 6.27. The van der Waals surface area contributed by atoms with E-state index in [-0.39, 0.29) is 11.9 Å². The van der Waals surface area contributed by atoms with Crippen molar-refractivity contribution in [3.8, 4) is 0 Å². The molecule has 18 heavy (non-hydrogen) atoms. The highest BCUT2D eigenvalue weighted by molar-refractivity contribution is 5.20. The molecule has 3 nitrogen and oxygen atoms in total. The summed E-state index contributed by atoms with van der Waals surface area (Å²) < 4.78 is 18.0. The topological polar surface area (TPSA) is 38.5 Å². The molecule has 0 aromatic heterocycles. The molecular weight excluding hydrogens is 231 g/mol. The van der Waals surface area contributed by atoms with E-state index in [0.29, 0.717) is 6.04 Å². The molecule has 1 atom stereocenters. The van der Waals surface area contributed by atoms with E-state index in [2.05, 4.69) is 4.90 Å². The normalized spacial score (nSPS) is 17.1. The SMILES string of the molecule is COCCN(CC(N)c1ccc(F)cc1)C1CC1. The number of ether oxygens (including phenoxy) is 1. The molecule has 0 radical (unpaired) electrons. The fourth-order valence-corrected chi connectivity index (χ4v) is 2.14. The lowest BCUT2D eigenvalue weighted by Crippen LogP contribution is -2.36. The van der Waals surface area contributed by atoms with Crippen molar-refractivity contribution in [1.82, 2.24) is 4.90 Å². The Morgan fingerprint density at radius 3 is 2.61 bits per heavy atom. The lowest BCUT2D eigenvalue weighted by molar-refractivity contribution is 0.139. The summed E-state index contributed by atoms with van der Waals surface area (Å²) in [6, 6.07) is 7.05. The first-order valence-corrected chi connectivity index (χ1v) is 6.44. The third kappa shape index (κ3) is 3.77. The van der Waals surface area contributed by atoms with Crippen LogP contribution in [0.25, 0.3) is 0 Å². The van der Waals surface area contributed by atoms with Crippen molar-refractivity contribution in [2.45, 2.75) is 24.9 Å². The van der Waals surface area contributed by atoms with Gasteiger partial charge in [-0.3, -0.25) is 4.90 Å². The van der Waals surface area contributed by atoms with Crippen LogP contribution in [0.1, 0.15) is 24.4 Å². The first-order chi connectivity index (χ1) is 8.70. The molecular formula is C14H21FN2O. The van der Waals surface area contributed by atoms with E-state index in [1.807, 2.05) is 0 Å². The van der Waals surface area contributed by atoms with E-state index >= 15 is 0 Å². The summed E-state index contributed by atoms with van der Waals surface area (Å²) in [4.78, 5) is 2.37. The molecule has 0 bridgehead atoms. The molecule has 0 spiro atoms. The standard InChI is InChI=1S/C14H21FN2O/c1-18-9-8-17(13-6-7-13)10-14(16)11-2-4-12(15)5-3-11/h2-5,13-14H,6-10,16H2,1H3. The molecule has 1 aromatic carbocycles. The molecule has 1 aliphatic rings. The highest BCUT2D eigenvalue weighted by Crippen LogP contribution is 2.28. The van der Waals surface area contributed by atoms with Crippen LogP contribution in [0.15, 0.2) is 24.3 Å². The van der Waals surface area contributed by atoms with Gasteiger partial charge in [-0.15, -0.1) is 0 Å². The van der Waals surface area contributed by atoms with Gasteiger partial charge in [0.2, 0.25) is 0 Å². The van der Waals surface area contributed by atoms with Gasteiger partial charge in [-0.25, -0.2) is 4.39 Å². The van der Waals surface area contributed by atoms with Crippen molar-refractivity contribution in [1.29, 1.82) is 0 Å². The number of hydrogen-bond acceptors (Lipinski definition) is 3. The zero-order chi connectivity index (χ0) is 13.0. The second-order valence-corrected chi connectivity index (χ2v) is 4.88. The third-order valence-electron chi connectivity index (χ3n) is 3.38. The van der Waals surface area contributed by atoms with Gasteiger partial charge in [0.15, 0.2) is 0 Å². The van der Waals surface area contributed by atoms with Crippen LogP contribution in [0.2, 0.25) is 0 Å². The average molecular weight is 252 g/mol. The summed E-state index contributed by atoms with van der Waals surface area (Å²) in [6.07, 6.45) is 2.50. The zero-order valence-electron chi connectivity index (χ0n) is 10.8. The summed E-state index contributed by atoms with van der Waals surface area (Å²) in [5.41, 5.74) is 7.16. The molecule has 2 N–H and O–H groups in total. The van der Waals surface area contributed by atoms with Crippen LogP contribution >= 0.6 is 0 Å². The average Bonchev–Trinajstić information content (AvgIpc) is 3.19. The molecule has 0 heterocycles. The second-order valence-electron chi connectivity index (χ2n) is 4.88. The van der Waals surface area contributed by atoms with Gasteiger partial charge in [-0.2, -0.15) is 0 Å². The van der Waals surface area contributed by atoms with Crippen LogP contribution in [0.5, 0.6) is 0 Å². The fourth-order valence-electron chi connectivity index (χ4n) is 2.14. The van der Waals surface area contributed by atoms with Crippen molar-refractivity contribution >= 4 is 0 Å². The summed E-state index contributed by atoms with van der Waals surface area (Å²) >= 11 is 0. The largest absolute Gasteiger partial charge is 0.383 e. The molecule has 0 aliphatic heterocycles. The summed E-state index contributed by atoms with van der Waals surface area (Å²) in [5, 5.41) is 0. The smallest absolute Gasteiger partial charge is 0.123 e. The van der Waals surface area contributed by atoms with Crippen molar-refractivity contribution in [2.24, 2.45) is 5.73 Å². The molecule has 100 valence electrons. The number of hydrogen-bond donors (Lipinski definition) is 1. The van der Waals surface area contributed by atoms with E-state index in [0.717, 1.165) is 25.3 Å². The van der Waals surface area contributed by atoms with E-state index in [4.69, 9.17) is 10.5 Å². The lowest BCUT2D eigenvalue weighted by atomic mass is 10.1. The molecule has 1 aromatic rings. The maximum absolute atomic E-state index is 12.8. The maximum Gasteiger partial charge on any atom is 0.123 e. The Bertz CT molecular complexity index is 365. The monoisotopic (exact) mass is 252 g/mol. The van der Waals surface area contributed by atoms with Crippen LogP contribution in [0, 0.1) is 5.82 Å². The van der Waals surface area contributed by atoms with Crippen LogP contribution in [-0.4, -0.2) is 37.7 Å². The van der Waals surface area contributed by atoms with Gasteiger partial charge in [-0.1, -0.05) is 12.1 Å². The Hall–Kier alpha value is -0.970. The Labute approximate surface area is 108 Å². The minimum atomic E-state index is -0.218. The lowest BCUT2D eigenvalue weighted by Gasteiger charge is -2.25. The fraction of sp³-hybridized carbons (Fsp3) is 0.571. The van der Waals surface area contributed by atoms with Crippen LogP contribution in [-0.2, 0) is 4.74 Å². The third-order valence-corrected chi connectivity index (χ3v) is 3.38. The van der Waals surface area contributed by atoms with Gasteiger partial charge in [-0.05, 0) is 30.5 Å². The van der Waals surface area contributed by atoms with Crippen molar-refractivity contribution in [3.63, 3.8) is 0 Å². The van der Waals surface area contributed by atoms with Gasteiger partial charge < -0.3 is 10.5 Å². The Morgan fingerprint density at radius 1 is 1.39 bits per heavy atom. The van der Waals surface area contributed by atoms with E-state index < -0.39 is 0 Å². The minimum Gasteiger partial charge on any atom is -0.383 e. The van der Waals surface area contributed by atoms with E-state index in [9.17, 15) is 4.39 Å². The molecule has 1 saturated carbocycles. The number of nitrogens with two attached hydrogens (primary N) is 1. The molecule has 2 rings (SSSR count). The van der Waals surface area contributed by atoms with Crippen LogP contribution < -0.4 is 5.73 Å². The molecule has 4 heteroatoms.